The Morgan fingerprint density at radius 2 is 2.05 bits per heavy atom. The highest BCUT2D eigenvalue weighted by molar-refractivity contribution is 5.81. The number of non-ortho nitro benzene ring substituents is 1. The first kappa shape index (κ1) is 16.7. The molecule has 0 aromatic heterocycles. The molecule has 0 heterocycles. The number of carbonyl (C=O) groups excluding carboxylic acids is 1. The van der Waals surface area contributed by atoms with Crippen LogP contribution >= 0.6 is 0 Å². The minimum absolute atomic E-state index is 0.346. The number of nitrogens with zero attached hydrogens (tertiary/aromatic N) is 1. The number of halogens is 3. The Morgan fingerprint density at radius 1 is 1.38 bits per heavy atom. The average Bonchev–Trinajstić information content (AvgIpc) is 2.41. The van der Waals surface area contributed by atoms with Crippen molar-refractivity contribution in [2.24, 2.45) is 0 Å². The van der Waals surface area contributed by atoms with Gasteiger partial charge in [-0.05, 0) is 12.5 Å². The van der Waals surface area contributed by atoms with E-state index in [1.807, 2.05) is 6.92 Å². The number of nitrogens with one attached hydrogen (secondary N) is 2. The Morgan fingerprint density at radius 3 is 2.57 bits per heavy atom. The Labute approximate surface area is 118 Å². The highest BCUT2D eigenvalue weighted by atomic mass is 19.4. The second-order valence-electron chi connectivity index (χ2n) is 4.19. The second kappa shape index (κ2) is 6.91. The van der Waals surface area contributed by atoms with Gasteiger partial charge in [-0.3, -0.25) is 14.9 Å². The molecule has 0 spiro atoms. The molecule has 1 rings (SSSR count). The molecule has 116 valence electrons. The number of carbonyl (C=O) groups is 1. The van der Waals surface area contributed by atoms with Crippen LogP contribution in [0.2, 0.25) is 0 Å². The number of alkyl halides is 3. The van der Waals surface area contributed by atoms with Gasteiger partial charge in [-0.15, -0.1) is 0 Å². The standard InChI is InChI=1S/C12H14F3N3O3/c1-2-5-16-11(19)7-17-10-4-3-8(18(20)21)6-9(10)12(13,14)15/h3-4,6,17H,2,5,7H2,1H3,(H,16,19). The van der Waals surface area contributed by atoms with Crippen LogP contribution in [0.25, 0.3) is 0 Å². The molecule has 1 aromatic rings. The monoisotopic (exact) mass is 305 g/mol. The summed E-state index contributed by atoms with van der Waals surface area (Å²) in [6, 6.07) is 2.32. The van der Waals surface area contributed by atoms with Crippen molar-refractivity contribution < 1.29 is 22.9 Å². The third-order valence-corrected chi connectivity index (χ3v) is 2.53. The summed E-state index contributed by atoms with van der Waals surface area (Å²) in [6.07, 6.45) is -4.05. The van der Waals surface area contributed by atoms with Crippen molar-refractivity contribution >= 4 is 17.3 Å². The number of hydrogen-bond acceptors (Lipinski definition) is 4. The van der Waals surface area contributed by atoms with Crippen molar-refractivity contribution in [3.05, 3.63) is 33.9 Å². The molecule has 0 radical (unpaired) electrons. The van der Waals surface area contributed by atoms with Gasteiger partial charge in [0.25, 0.3) is 5.69 Å². The van der Waals surface area contributed by atoms with Gasteiger partial charge in [0, 0.05) is 24.4 Å². The normalized spacial score (nSPS) is 11.0. The summed E-state index contributed by atoms with van der Waals surface area (Å²) in [6.45, 7) is 1.92. The quantitative estimate of drug-likeness (QED) is 0.625. The lowest BCUT2D eigenvalue weighted by Crippen LogP contribution is -2.30. The van der Waals surface area contributed by atoms with E-state index in [0.29, 0.717) is 19.0 Å². The molecule has 0 fully saturated rings. The van der Waals surface area contributed by atoms with E-state index in [2.05, 4.69) is 10.6 Å². The van der Waals surface area contributed by atoms with Crippen molar-refractivity contribution in [1.29, 1.82) is 0 Å². The number of nitro benzene ring substituents is 1. The van der Waals surface area contributed by atoms with Crippen LogP contribution in [-0.2, 0) is 11.0 Å². The summed E-state index contributed by atoms with van der Waals surface area (Å²) in [5.41, 5.74) is -2.22. The number of rotatable bonds is 6. The maximum absolute atomic E-state index is 12.9. The van der Waals surface area contributed by atoms with E-state index in [-0.39, 0.29) is 12.2 Å². The summed E-state index contributed by atoms with van der Waals surface area (Å²) in [5.74, 6) is -0.455. The van der Waals surface area contributed by atoms with Gasteiger partial charge in [0.05, 0.1) is 17.0 Å². The van der Waals surface area contributed by atoms with Crippen molar-refractivity contribution in [1.82, 2.24) is 5.32 Å². The van der Waals surface area contributed by atoms with Crippen LogP contribution in [0.3, 0.4) is 0 Å². The van der Waals surface area contributed by atoms with Crippen molar-refractivity contribution in [3.63, 3.8) is 0 Å². The molecule has 0 aliphatic carbocycles. The van der Waals surface area contributed by atoms with Gasteiger partial charge in [0.15, 0.2) is 0 Å². The molecule has 0 unspecified atom stereocenters. The van der Waals surface area contributed by atoms with Crippen LogP contribution in [0, 0.1) is 10.1 Å². The Bertz CT molecular complexity index is 532. The SMILES string of the molecule is CCCNC(=O)CNc1ccc([N+](=O)[O-])cc1C(F)(F)F. The first-order valence-electron chi connectivity index (χ1n) is 6.12. The molecule has 0 saturated heterocycles. The van der Waals surface area contributed by atoms with Crippen LogP contribution in [0.5, 0.6) is 0 Å². The van der Waals surface area contributed by atoms with Crippen molar-refractivity contribution in [3.8, 4) is 0 Å². The Hall–Kier alpha value is -2.32. The molecular weight excluding hydrogens is 291 g/mol. The van der Waals surface area contributed by atoms with Gasteiger partial charge < -0.3 is 10.6 Å². The predicted octanol–water partition coefficient (Wildman–Crippen LogP) is 2.55. The van der Waals surface area contributed by atoms with Gasteiger partial charge in [-0.25, -0.2) is 0 Å². The lowest BCUT2D eigenvalue weighted by atomic mass is 10.1. The van der Waals surface area contributed by atoms with Gasteiger partial charge in [-0.1, -0.05) is 6.92 Å². The lowest BCUT2D eigenvalue weighted by molar-refractivity contribution is -0.385. The molecule has 9 heteroatoms. The predicted molar refractivity (Wildman–Crippen MR) is 69.9 cm³/mol. The second-order valence-corrected chi connectivity index (χ2v) is 4.19. The highest BCUT2D eigenvalue weighted by Gasteiger charge is 2.35. The van der Waals surface area contributed by atoms with E-state index in [0.717, 1.165) is 12.1 Å². The summed E-state index contributed by atoms with van der Waals surface area (Å²) in [7, 11) is 0. The van der Waals surface area contributed by atoms with Gasteiger partial charge in [0.1, 0.15) is 0 Å². The largest absolute Gasteiger partial charge is 0.418 e. The average molecular weight is 305 g/mol. The summed E-state index contributed by atoms with van der Waals surface area (Å²) >= 11 is 0. The first-order chi connectivity index (χ1) is 9.75. The Balaban J connectivity index is 2.91. The van der Waals surface area contributed by atoms with Crippen LogP contribution in [0.1, 0.15) is 18.9 Å². The maximum Gasteiger partial charge on any atom is 0.418 e. The molecule has 0 atom stereocenters. The third-order valence-electron chi connectivity index (χ3n) is 2.53. The van der Waals surface area contributed by atoms with Gasteiger partial charge >= 0.3 is 6.18 Å². The molecule has 0 saturated carbocycles. The molecule has 21 heavy (non-hydrogen) atoms. The van der Waals surface area contributed by atoms with Crippen LogP contribution in [0.15, 0.2) is 18.2 Å². The zero-order valence-corrected chi connectivity index (χ0v) is 11.2. The minimum atomic E-state index is -4.76. The first-order valence-corrected chi connectivity index (χ1v) is 6.12. The van der Waals surface area contributed by atoms with E-state index in [9.17, 15) is 28.1 Å². The number of hydrogen-bond donors (Lipinski definition) is 2. The zero-order chi connectivity index (χ0) is 16.0. The van der Waals surface area contributed by atoms with E-state index >= 15 is 0 Å². The number of nitro groups is 1. The lowest BCUT2D eigenvalue weighted by Gasteiger charge is -2.14. The Kier molecular flexibility index (Phi) is 5.51. The maximum atomic E-state index is 12.9. The smallest absolute Gasteiger partial charge is 0.376 e. The van der Waals surface area contributed by atoms with Crippen molar-refractivity contribution in [2.45, 2.75) is 19.5 Å². The molecular formula is C12H14F3N3O3. The zero-order valence-electron chi connectivity index (χ0n) is 11.2. The van der Waals surface area contributed by atoms with Crippen molar-refractivity contribution in [2.75, 3.05) is 18.4 Å². The van der Waals surface area contributed by atoms with E-state index in [4.69, 9.17) is 0 Å². The fourth-order valence-corrected chi connectivity index (χ4v) is 1.54. The minimum Gasteiger partial charge on any atom is -0.376 e. The molecule has 2 N–H and O–H groups in total. The summed E-state index contributed by atoms with van der Waals surface area (Å²) < 4.78 is 38.6. The molecule has 0 aliphatic heterocycles. The summed E-state index contributed by atoms with van der Waals surface area (Å²) in [5, 5.41) is 15.4. The number of amides is 1. The van der Waals surface area contributed by atoms with E-state index in [1.165, 1.54) is 0 Å². The molecule has 6 nitrogen and oxygen atoms in total. The fourth-order valence-electron chi connectivity index (χ4n) is 1.54. The van der Waals surface area contributed by atoms with Crippen LogP contribution < -0.4 is 10.6 Å². The van der Waals surface area contributed by atoms with Gasteiger partial charge in [0.2, 0.25) is 5.91 Å². The number of anilines is 1. The fraction of sp³-hybridized carbons (Fsp3) is 0.417. The van der Waals surface area contributed by atoms with Gasteiger partial charge in [-0.2, -0.15) is 13.2 Å². The van der Waals surface area contributed by atoms with E-state index < -0.39 is 28.3 Å². The number of benzene rings is 1. The molecule has 1 aromatic carbocycles. The molecule has 0 bridgehead atoms. The molecule has 0 aliphatic rings. The highest BCUT2D eigenvalue weighted by Crippen LogP contribution is 2.36. The van der Waals surface area contributed by atoms with E-state index in [1.54, 1.807) is 0 Å². The third kappa shape index (κ3) is 4.93. The van der Waals surface area contributed by atoms with Crippen LogP contribution in [0.4, 0.5) is 24.5 Å². The molecule has 1 amide bonds. The topological polar surface area (TPSA) is 84.3 Å². The van der Waals surface area contributed by atoms with Crippen LogP contribution in [-0.4, -0.2) is 23.9 Å². The summed E-state index contributed by atoms with van der Waals surface area (Å²) in [4.78, 5) is 21.0.